The van der Waals surface area contributed by atoms with Crippen LogP contribution < -0.4 is 4.90 Å². The number of amides is 2. The van der Waals surface area contributed by atoms with Crippen molar-refractivity contribution in [2.45, 2.75) is 33.5 Å². The average molecular weight is 400 g/mol. The first-order valence-corrected chi connectivity index (χ1v) is 11.3. The smallest absolute Gasteiger partial charge is 0.318 e. The molecule has 0 aliphatic carbocycles. The minimum Gasteiger partial charge on any atom is -0.318 e. The molecule has 6 nitrogen and oxygen atoms in total. The molecule has 0 aromatic heterocycles. The van der Waals surface area contributed by atoms with Gasteiger partial charge in [-0.2, -0.15) is 4.31 Å². The average Bonchev–Trinajstić information content (AvgIpc) is 3.17. The Balaban J connectivity index is 1.50. The molecular formula is C21H25N3O3S. The van der Waals surface area contributed by atoms with Crippen LogP contribution in [0.1, 0.15) is 27.8 Å². The van der Waals surface area contributed by atoms with E-state index in [2.05, 4.69) is 32.0 Å². The number of nitrogens with zero attached hydrogens (tertiary/aromatic N) is 3. The molecule has 0 unspecified atom stereocenters. The number of sulfonamides is 1. The van der Waals surface area contributed by atoms with Crippen molar-refractivity contribution in [1.82, 2.24) is 9.21 Å². The Morgan fingerprint density at radius 1 is 0.929 bits per heavy atom. The third-order valence-electron chi connectivity index (χ3n) is 5.41. The number of carbonyl (C=O) groups is 1. The Bertz CT molecular complexity index is 1030. The van der Waals surface area contributed by atoms with Crippen LogP contribution in [0.2, 0.25) is 0 Å². The molecule has 0 atom stereocenters. The maximum atomic E-state index is 12.9. The lowest BCUT2D eigenvalue weighted by atomic mass is 10.1. The highest BCUT2D eigenvalue weighted by Crippen LogP contribution is 2.30. The van der Waals surface area contributed by atoms with Gasteiger partial charge in [0, 0.05) is 38.4 Å². The molecule has 2 aliphatic rings. The van der Waals surface area contributed by atoms with Crippen molar-refractivity contribution in [1.29, 1.82) is 0 Å². The zero-order chi connectivity index (χ0) is 20.1. The molecular weight excluding hydrogens is 374 g/mol. The van der Waals surface area contributed by atoms with Gasteiger partial charge in [-0.05, 0) is 42.7 Å². The predicted molar refractivity (Wildman–Crippen MR) is 110 cm³/mol. The van der Waals surface area contributed by atoms with Gasteiger partial charge in [0.05, 0.1) is 6.26 Å². The van der Waals surface area contributed by atoms with Crippen LogP contribution in [-0.4, -0.2) is 43.0 Å². The normalized spacial score (nSPS) is 17.5. The van der Waals surface area contributed by atoms with E-state index in [1.54, 1.807) is 4.90 Å². The molecule has 1 fully saturated rings. The molecule has 148 valence electrons. The number of urea groups is 1. The molecule has 1 saturated heterocycles. The molecule has 2 aromatic rings. The van der Waals surface area contributed by atoms with Gasteiger partial charge in [-0.25, -0.2) is 13.2 Å². The number of hydrogen-bond donors (Lipinski definition) is 0. The summed E-state index contributed by atoms with van der Waals surface area (Å²) < 4.78 is 25.1. The first-order chi connectivity index (χ1) is 13.2. The molecule has 4 rings (SSSR count). The van der Waals surface area contributed by atoms with Crippen molar-refractivity contribution in [2.24, 2.45) is 0 Å². The van der Waals surface area contributed by atoms with Gasteiger partial charge < -0.3 is 4.90 Å². The molecule has 7 heteroatoms. The largest absolute Gasteiger partial charge is 0.324 e. The van der Waals surface area contributed by atoms with Gasteiger partial charge in [-0.1, -0.05) is 35.4 Å². The predicted octanol–water partition coefficient (Wildman–Crippen LogP) is 3.02. The lowest BCUT2D eigenvalue weighted by Gasteiger charge is -2.20. The van der Waals surface area contributed by atoms with E-state index in [0.717, 1.165) is 22.4 Å². The van der Waals surface area contributed by atoms with E-state index in [4.69, 9.17) is 0 Å². The van der Waals surface area contributed by atoms with Crippen LogP contribution in [0.4, 0.5) is 10.5 Å². The summed E-state index contributed by atoms with van der Waals surface area (Å²) in [4.78, 5) is 16.6. The second-order valence-electron chi connectivity index (χ2n) is 7.84. The summed E-state index contributed by atoms with van der Waals surface area (Å²) in [5, 5.41) is 0. The number of hydrogen-bond acceptors (Lipinski definition) is 3. The van der Waals surface area contributed by atoms with Gasteiger partial charge in [0.25, 0.3) is 0 Å². The summed E-state index contributed by atoms with van der Waals surface area (Å²) in [5.41, 5.74) is 6.36. The standard InChI is InChI=1S/C21H25N3O3S/c1-15-8-16(2)10-17(9-15)12-22-6-7-24(21(22)25)20-5-4-18-13-23(28(3,26)27)14-19(18)11-20/h4-5,8-11H,6-7,12-14H2,1-3H3. The molecule has 0 N–H and O–H groups in total. The summed E-state index contributed by atoms with van der Waals surface area (Å²) in [6, 6.07) is 12.2. The van der Waals surface area contributed by atoms with Crippen LogP contribution >= 0.6 is 0 Å². The summed E-state index contributed by atoms with van der Waals surface area (Å²) in [6.45, 7) is 6.83. The molecule has 0 radical (unpaired) electrons. The minimum absolute atomic E-state index is 0.00271. The SMILES string of the molecule is Cc1cc(C)cc(CN2CCN(c3ccc4c(c3)CN(S(C)(=O)=O)C4)C2=O)c1. The molecule has 0 spiro atoms. The van der Waals surface area contributed by atoms with Crippen LogP contribution in [0.25, 0.3) is 0 Å². The van der Waals surface area contributed by atoms with Crippen LogP contribution in [0.5, 0.6) is 0 Å². The van der Waals surface area contributed by atoms with Gasteiger partial charge in [0.1, 0.15) is 0 Å². The van der Waals surface area contributed by atoms with E-state index in [0.29, 0.717) is 32.7 Å². The first-order valence-electron chi connectivity index (χ1n) is 9.41. The maximum absolute atomic E-state index is 12.9. The van der Waals surface area contributed by atoms with Crippen molar-refractivity contribution in [2.75, 3.05) is 24.2 Å². The van der Waals surface area contributed by atoms with Gasteiger partial charge in [0.2, 0.25) is 10.0 Å². The van der Waals surface area contributed by atoms with E-state index in [9.17, 15) is 13.2 Å². The van der Waals surface area contributed by atoms with Crippen LogP contribution in [0, 0.1) is 13.8 Å². The minimum atomic E-state index is -3.22. The number of benzene rings is 2. The van der Waals surface area contributed by atoms with E-state index in [1.807, 2.05) is 23.1 Å². The summed E-state index contributed by atoms with van der Waals surface area (Å²) >= 11 is 0. The number of fused-ring (bicyclic) bond motifs is 1. The monoisotopic (exact) mass is 399 g/mol. The van der Waals surface area contributed by atoms with Crippen molar-refractivity contribution >= 4 is 21.7 Å². The van der Waals surface area contributed by atoms with Crippen LogP contribution in [-0.2, 0) is 29.7 Å². The van der Waals surface area contributed by atoms with Crippen molar-refractivity contribution in [3.63, 3.8) is 0 Å². The summed E-state index contributed by atoms with van der Waals surface area (Å²) in [6.07, 6.45) is 1.23. The topological polar surface area (TPSA) is 60.9 Å². The Labute approximate surface area is 166 Å². The fraction of sp³-hybridized carbons (Fsp3) is 0.381. The highest BCUT2D eigenvalue weighted by molar-refractivity contribution is 7.88. The highest BCUT2D eigenvalue weighted by Gasteiger charge is 2.31. The van der Waals surface area contributed by atoms with E-state index >= 15 is 0 Å². The second-order valence-corrected chi connectivity index (χ2v) is 9.82. The summed E-state index contributed by atoms with van der Waals surface area (Å²) in [5.74, 6) is 0. The van der Waals surface area contributed by atoms with E-state index < -0.39 is 10.0 Å². The lowest BCUT2D eigenvalue weighted by Crippen LogP contribution is -2.31. The first kappa shape index (κ1) is 19.0. The van der Waals surface area contributed by atoms with Gasteiger partial charge in [-0.3, -0.25) is 4.90 Å². The molecule has 2 aromatic carbocycles. The van der Waals surface area contributed by atoms with E-state index in [-0.39, 0.29) is 6.03 Å². The molecule has 2 aliphatic heterocycles. The Kier molecular flexibility index (Phi) is 4.67. The molecule has 28 heavy (non-hydrogen) atoms. The van der Waals surface area contributed by atoms with Gasteiger partial charge >= 0.3 is 6.03 Å². The second kappa shape index (κ2) is 6.90. The fourth-order valence-electron chi connectivity index (χ4n) is 4.10. The van der Waals surface area contributed by atoms with Crippen molar-refractivity contribution < 1.29 is 13.2 Å². The highest BCUT2D eigenvalue weighted by atomic mass is 32.2. The zero-order valence-electron chi connectivity index (χ0n) is 16.5. The third-order valence-corrected chi connectivity index (χ3v) is 6.61. The quantitative estimate of drug-likeness (QED) is 0.794. The number of carbonyl (C=O) groups excluding carboxylic acids is 1. The van der Waals surface area contributed by atoms with Gasteiger partial charge in [0.15, 0.2) is 0 Å². The Morgan fingerprint density at radius 2 is 1.61 bits per heavy atom. The third kappa shape index (κ3) is 3.64. The Hall–Kier alpha value is -2.38. The zero-order valence-corrected chi connectivity index (χ0v) is 17.3. The number of anilines is 1. The number of aryl methyl sites for hydroxylation is 2. The molecule has 0 saturated carbocycles. The maximum Gasteiger partial charge on any atom is 0.324 e. The number of rotatable bonds is 4. The fourth-order valence-corrected chi connectivity index (χ4v) is 4.85. The van der Waals surface area contributed by atoms with Crippen molar-refractivity contribution in [3.05, 3.63) is 64.2 Å². The van der Waals surface area contributed by atoms with E-state index in [1.165, 1.54) is 21.7 Å². The molecule has 2 heterocycles. The van der Waals surface area contributed by atoms with Crippen LogP contribution in [0.15, 0.2) is 36.4 Å². The van der Waals surface area contributed by atoms with Crippen molar-refractivity contribution in [3.8, 4) is 0 Å². The molecule has 2 amide bonds. The van der Waals surface area contributed by atoms with Gasteiger partial charge in [-0.15, -0.1) is 0 Å². The lowest BCUT2D eigenvalue weighted by molar-refractivity contribution is 0.218. The summed E-state index contributed by atoms with van der Waals surface area (Å²) in [7, 11) is -3.22. The van der Waals surface area contributed by atoms with Crippen LogP contribution in [0.3, 0.4) is 0 Å². The molecule has 0 bridgehead atoms. The Morgan fingerprint density at radius 3 is 2.29 bits per heavy atom.